The highest BCUT2D eigenvalue weighted by Gasteiger charge is 2.19. The number of hydrogen-bond acceptors (Lipinski definition) is 4. The summed E-state index contributed by atoms with van der Waals surface area (Å²) in [7, 11) is -1.02. The first-order chi connectivity index (χ1) is 15.2. The molecule has 0 unspecified atom stereocenters. The predicted molar refractivity (Wildman–Crippen MR) is 138 cm³/mol. The summed E-state index contributed by atoms with van der Waals surface area (Å²) in [6.07, 6.45) is 1.40. The molecule has 32 heavy (non-hydrogen) atoms. The summed E-state index contributed by atoms with van der Waals surface area (Å²) in [6, 6.07) is 11.6. The molecule has 4 nitrogen and oxygen atoms in total. The summed E-state index contributed by atoms with van der Waals surface area (Å²) in [5.41, 5.74) is 9.87. The molecule has 0 aliphatic heterocycles. The smallest absolute Gasteiger partial charge is 0.241 e. The molecule has 0 N–H and O–H groups in total. The molecule has 0 atom stereocenters. The summed E-state index contributed by atoms with van der Waals surface area (Å²) in [5.74, 6) is -1.28. The Morgan fingerprint density at radius 3 is 1.41 bits per heavy atom. The molecule has 0 amide bonds. The lowest BCUT2D eigenvalue weighted by atomic mass is 10.1. The van der Waals surface area contributed by atoms with E-state index in [2.05, 4.69) is 51.2 Å². The first-order valence-corrected chi connectivity index (χ1v) is 14.2. The number of carbonyl (C=O) groups is 2. The van der Waals surface area contributed by atoms with Crippen LogP contribution in [0.15, 0.2) is 58.9 Å². The van der Waals surface area contributed by atoms with Crippen molar-refractivity contribution < 1.29 is 19.4 Å². The third-order valence-electron chi connectivity index (χ3n) is 5.23. The zero-order chi connectivity index (χ0) is 23.7. The van der Waals surface area contributed by atoms with E-state index in [0.29, 0.717) is 24.0 Å². The fraction of sp³-hybridized carbons (Fsp3) is 0.308. The average Bonchev–Trinajstić information content (AvgIpc) is 2.79. The van der Waals surface area contributed by atoms with Gasteiger partial charge < -0.3 is 0 Å². The Morgan fingerprint density at radius 1 is 0.719 bits per heavy atom. The molecule has 6 heteroatoms. The lowest BCUT2D eigenvalue weighted by molar-refractivity contribution is -0.187. The standard InChI is InChI=1S/C26H34O4Si2/c1-7-19-13-21(31-15-17(3)4)9-11-23(19)25(27)29-30-26(28)24-12-10-22(14-20(24)8-2)32-16-18(5)6/h9-16H,7-8,31-32H2,1-6H3. The lowest BCUT2D eigenvalue weighted by Gasteiger charge is -2.11. The summed E-state index contributed by atoms with van der Waals surface area (Å²) < 4.78 is 0. The second-order valence-electron chi connectivity index (χ2n) is 8.40. The molecule has 170 valence electrons. The van der Waals surface area contributed by atoms with Crippen LogP contribution in [0.1, 0.15) is 73.4 Å². The van der Waals surface area contributed by atoms with Crippen LogP contribution in [-0.2, 0) is 22.6 Å². The number of carbonyl (C=O) groups excluding carboxylic acids is 2. The predicted octanol–water partition coefficient (Wildman–Crippen LogP) is 3.18. The van der Waals surface area contributed by atoms with Crippen molar-refractivity contribution in [2.45, 2.75) is 54.4 Å². The first kappa shape index (κ1) is 25.6. The number of rotatable bonds is 8. The van der Waals surface area contributed by atoms with Gasteiger partial charge in [-0.05, 0) is 63.8 Å². The van der Waals surface area contributed by atoms with Crippen molar-refractivity contribution in [1.82, 2.24) is 0 Å². The Morgan fingerprint density at radius 2 is 1.09 bits per heavy atom. The lowest BCUT2D eigenvalue weighted by Crippen LogP contribution is -2.19. The molecule has 0 aliphatic rings. The largest absolute Gasteiger partial charge is 0.386 e. The van der Waals surface area contributed by atoms with E-state index in [4.69, 9.17) is 9.78 Å². The molecule has 2 rings (SSSR count). The Labute approximate surface area is 196 Å². The maximum absolute atomic E-state index is 12.6. The van der Waals surface area contributed by atoms with E-state index in [9.17, 15) is 9.59 Å². The highest BCUT2D eigenvalue weighted by molar-refractivity contribution is 6.59. The van der Waals surface area contributed by atoms with Crippen LogP contribution < -0.4 is 10.4 Å². The van der Waals surface area contributed by atoms with Crippen LogP contribution in [0.3, 0.4) is 0 Å². The zero-order valence-electron chi connectivity index (χ0n) is 20.1. The van der Waals surface area contributed by atoms with Crippen molar-refractivity contribution in [2.24, 2.45) is 0 Å². The van der Waals surface area contributed by atoms with E-state index in [1.165, 1.54) is 21.5 Å². The van der Waals surface area contributed by atoms with Crippen LogP contribution in [0.4, 0.5) is 0 Å². The van der Waals surface area contributed by atoms with Gasteiger partial charge in [0.15, 0.2) is 0 Å². The number of aryl methyl sites for hydroxylation is 2. The van der Waals surface area contributed by atoms with E-state index in [1.807, 2.05) is 26.0 Å². The second-order valence-corrected chi connectivity index (χ2v) is 11.7. The van der Waals surface area contributed by atoms with Gasteiger partial charge in [-0.2, -0.15) is 0 Å². The van der Waals surface area contributed by atoms with Crippen LogP contribution in [0, 0.1) is 0 Å². The van der Waals surface area contributed by atoms with Gasteiger partial charge in [0.25, 0.3) is 0 Å². The summed E-state index contributed by atoms with van der Waals surface area (Å²) in [4.78, 5) is 35.1. The number of hydrogen-bond donors (Lipinski definition) is 0. The maximum Gasteiger partial charge on any atom is 0.386 e. The first-order valence-electron chi connectivity index (χ1n) is 11.2. The minimum atomic E-state index is -0.642. The quantitative estimate of drug-likeness (QED) is 0.341. The normalized spacial score (nSPS) is 11.1. The third-order valence-corrected chi connectivity index (χ3v) is 9.09. The highest BCUT2D eigenvalue weighted by atomic mass is 28.2. The molecule has 0 spiro atoms. The fourth-order valence-electron chi connectivity index (χ4n) is 3.34. The zero-order valence-corrected chi connectivity index (χ0v) is 22.9. The Balaban J connectivity index is 2.10. The third kappa shape index (κ3) is 7.46. The van der Waals surface area contributed by atoms with Gasteiger partial charge in [0.1, 0.15) is 0 Å². The monoisotopic (exact) mass is 466 g/mol. The SMILES string of the molecule is CCc1cc([SiH2]C=C(C)C)ccc1C(=O)OOC(=O)c1ccc([SiH2]C=C(C)C)cc1CC. The van der Waals surface area contributed by atoms with Gasteiger partial charge in [-0.3, -0.25) is 0 Å². The second kappa shape index (κ2) is 12.4. The summed E-state index contributed by atoms with van der Waals surface area (Å²) >= 11 is 0. The number of allylic oxidation sites excluding steroid dienone is 2. The minimum Gasteiger partial charge on any atom is -0.241 e. The van der Waals surface area contributed by atoms with E-state index in [1.54, 1.807) is 12.1 Å². The van der Waals surface area contributed by atoms with Crippen molar-refractivity contribution in [1.29, 1.82) is 0 Å². The minimum absolute atomic E-state index is 0.439. The van der Waals surface area contributed by atoms with Crippen LogP contribution >= 0.6 is 0 Å². The maximum atomic E-state index is 12.6. The van der Waals surface area contributed by atoms with Gasteiger partial charge in [-0.25, -0.2) is 19.4 Å². The van der Waals surface area contributed by atoms with Gasteiger partial charge in [-0.1, -0.05) is 71.0 Å². The van der Waals surface area contributed by atoms with E-state index < -0.39 is 31.0 Å². The fourth-order valence-corrected chi connectivity index (χ4v) is 5.87. The molecule has 0 saturated heterocycles. The average molecular weight is 467 g/mol. The molecule has 0 saturated carbocycles. The van der Waals surface area contributed by atoms with Gasteiger partial charge in [-0.15, -0.1) is 0 Å². The van der Waals surface area contributed by atoms with Crippen molar-refractivity contribution >= 4 is 41.4 Å². The van der Waals surface area contributed by atoms with E-state index >= 15 is 0 Å². The van der Waals surface area contributed by atoms with Crippen molar-refractivity contribution in [3.8, 4) is 0 Å². The molecule has 0 aliphatic carbocycles. The molecule has 2 aromatic rings. The van der Waals surface area contributed by atoms with Gasteiger partial charge in [0, 0.05) is 0 Å². The topological polar surface area (TPSA) is 52.6 Å². The molecule has 2 aromatic carbocycles. The van der Waals surface area contributed by atoms with Crippen molar-refractivity contribution in [3.63, 3.8) is 0 Å². The molecule has 0 bridgehead atoms. The van der Waals surface area contributed by atoms with Crippen LogP contribution in [0.25, 0.3) is 0 Å². The highest BCUT2D eigenvalue weighted by Crippen LogP contribution is 2.14. The molecule has 0 radical (unpaired) electrons. The van der Waals surface area contributed by atoms with E-state index in [0.717, 1.165) is 11.1 Å². The van der Waals surface area contributed by atoms with Crippen LogP contribution in [0.5, 0.6) is 0 Å². The van der Waals surface area contributed by atoms with Crippen LogP contribution in [0.2, 0.25) is 0 Å². The Kier molecular flexibility index (Phi) is 9.87. The van der Waals surface area contributed by atoms with Crippen LogP contribution in [-0.4, -0.2) is 31.0 Å². The van der Waals surface area contributed by atoms with Gasteiger partial charge in [0.05, 0.1) is 30.2 Å². The van der Waals surface area contributed by atoms with E-state index in [-0.39, 0.29) is 0 Å². The Bertz CT molecular complexity index is 947. The summed E-state index contributed by atoms with van der Waals surface area (Å²) in [5, 5.41) is 2.53. The number of benzene rings is 2. The van der Waals surface area contributed by atoms with Gasteiger partial charge in [0.2, 0.25) is 0 Å². The molecule has 0 fully saturated rings. The Hall–Kier alpha value is -2.71. The molecular formula is C26H34O4Si2. The molecular weight excluding hydrogens is 432 g/mol. The molecule has 0 heterocycles. The summed E-state index contributed by atoms with van der Waals surface area (Å²) in [6.45, 7) is 12.4. The van der Waals surface area contributed by atoms with Crippen molar-refractivity contribution in [2.75, 3.05) is 0 Å². The molecule has 0 aromatic heterocycles. The van der Waals surface area contributed by atoms with Crippen molar-refractivity contribution in [3.05, 3.63) is 81.2 Å². The van der Waals surface area contributed by atoms with Gasteiger partial charge >= 0.3 is 11.9 Å².